The molecule has 3 aromatic carbocycles. The number of rotatable bonds is 12. The van der Waals surface area contributed by atoms with Crippen LogP contribution >= 0.6 is 12.4 Å². The van der Waals surface area contributed by atoms with Crippen LogP contribution in [-0.2, 0) is 28.5 Å². The van der Waals surface area contributed by atoms with Crippen LogP contribution in [0.15, 0.2) is 66.7 Å². The molecular weight excluding hydrogens is 706 g/mol. The molecule has 0 spiro atoms. The summed E-state index contributed by atoms with van der Waals surface area (Å²) < 4.78 is 76.2. The largest absolute Gasteiger partial charge is 0.493 e. The van der Waals surface area contributed by atoms with E-state index in [9.17, 15) is 26.4 Å². The summed E-state index contributed by atoms with van der Waals surface area (Å²) in [4.78, 5) is 29.6. The molecule has 3 aromatic rings. The highest BCUT2D eigenvalue weighted by Gasteiger charge is 2.58. The summed E-state index contributed by atoms with van der Waals surface area (Å²) >= 11 is 0. The van der Waals surface area contributed by atoms with Crippen LogP contribution in [0.3, 0.4) is 0 Å². The molecule has 14 heteroatoms. The van der Waals surface area contributed by atoms with Crippen molar-refractivity contribution in [2.45, 2.75) is 55.3 Å². The summed E-state index contributed by atoms with van der Waals surface area (Å²) in [6.45, 7) is 3.90. The Bertz CT molecular complexity index is 1900. The van der Waals surface area contributed by atoms with E-state index in [0.29, 0.717) is 17.7 Å². The highest BCUT2D eigenvalue weighted by molar-refractivity contribution is 8.10. The molecule has 0 aromatic heterocycles. The molecule has 272 valence electrons. The van der Waals surface area contributed by atoms with Gasteiger partial charge in [0.05, 0.1) is 43.5 Å². The maximum atomic E-state index is 14.7. The van der Waals surface area contributed by atoms with Crippen LogP contribution in [0.4, 0.5) is 0 Å². The fraction of sp³-hybridized carbons (Fsp3) is 0.444. The first-order chi connectivity index (χ1) is 23.3. The van der Waals surface area contributed by atoms with Gasteiger partial charge in [-0.05, 0) is 81.6 Å². The monoisotopic (exact) mass is 749 g/mol. The smallest absolute Gasteiger partial charge is 0.339 e. The van der Waals surface area contributed by atoms with Gasteiger partial charge in [0, 0.05) is 0 Å². The van der Waals surface area contributed by atoms with Crippen LogP contribution in [0, 0.1) is 0 Å². The normalized spacial score (nSPS) is 21.6. The van der Waals surface area contributed by atoms with Crippen LogP contribution in [-0.4, -0.2) is 85.0 Å². The Kier molecular flexibility index (Phi) is 12.0. The maximum Gasteiger partial charge on any atom is 0.339 e. The van der Waals surface area contributed by atoms with Crippen molar-refractivity contribution in [1.82, 2.24) is 4.90 Å². The van der Waals surface area contributed by atoms with E-state index in [4.69, 9.17) is 18.9 Å². The zero-order valence-electron chi connectivity index (χ0n) is 28.8. The Morgan fingerprint density at radius 2 is 1.60 bits per heavy atom. The Morgan fingerprint density at radius 1 is 0.940 bits per heavy atom. The van der Waals surface area contributed by atoms with Gasteiger partial charge < -0.3 is 18.9 Å². The number of sulfone groups is 2. The third-order valence-electron chi connectivity index (χ3n) is 9.67. The summed E-state index contributed by atoms with van der Waals surface area (Å²) in [5.74, 6) is -0.787. The molecule has 11 nitrogen and oxygen atoms in total. The number of fused-ring (bicyclic) bond motifs is 1. The molecular formula is C36H44ClNO10S2. The molecule has 0 aliphatic carbocycles. The highest BCUT2D eigenvalue weighted by Crippen LogP contribution is 2.48. The molecule has 0 amide bonds. The number of likely N-dealkylation sites (N-methyl/N-ethyl adjacent to an activating group) is 1. The van der Waals surface area contributed by atoms with Crippen molar-refractivity contribution in [2.75, 3.05) is 45.9 Å². The number of benzene rings is 3. The molecule has 2 aliphatic heterocycles. The van der Waals surface area contributed by atoms with Gasteiger partial charge >= 0.3 is 5.97 Å². The fourth-order valence-electron chi connectivity index (χ4n) is 6.94. The quantitative estimate of drug-likeness (QED) is 0.215. The zero-order valence-corrected chi connectivity index (χ0v) is 31.3. The first kappa shape index (κ1) is 39.1. The minimum absolute atomic E-state index is 0. The van der Waals surface area contributed by atoms with E-state index in [0.717, 1.165) is 0 Å². The van der Waals surface area contributed by atoms with Gasteiger partial charge in [-0.3, -0.25) is 9.69 Å². The van der Waals surface area contributed by atoms with Gasteiger partial charge in [-0.2, -0.15) is 0 Å². The number of methoxy groups -OCH3 is 2. The van der Waals surface area contributed by atoms with Crippen LogP contribution in [0.5, 0.6) is 17.2 Å². The van der Waals surface area contributed by atoms with Gasteiger partial charge in [0.25, 0.3) is 0 Å². The number of hydrogen-bond donors (Lipinski definition) is 0. The Hall–Kier alpha value is -3.65. The number of halogens is 1. The molecule has 5 rings (SSSR count). The molecule has 50 heavy (non-hydrogen) atoms. The summed E-state index contributed by atoms with van der Waals surface area (Å²) in [6, 6.07) is 18.4. The molecule has 1 fully saturated rings. The molecule has 0 bridgehead atoms. The lowest BCUT2D eigenvalue weighted by Crippen LogP contribution is -2.59. The van der Waals surface area contributed by atoms with Gasteiger partial charge in [-0.1, -0.05) is 49.4 Å². The van der Waals surface area contributed by atoms with E-state index in [1.165, 1.54) is 38.5 Å². The van der Waals surface area contributed by atoms with E-state index >= 15 is 0 Å². The van der Waals surface area contributed by atoms with Gasteiger partial charge in [-0.25, -0.2) is 21.6 Å². The third-order valence-corrected chi connectivity index (χ3v) is 15.7. The van der Waals surface area contributed by atoms with Crippen molar-refractivity contribution < 1.29 is 45.4 Å². The average Bonchev–Trinajstić information content (AvgIpc) is 3.09. The van der Waals surface area contributed by atoms with E-state index in [1.54, 1.807) is 31.0 Å². The number of Topliss-reactive ketones (excluding diaryl/α,β-unsaturated/α-hetero) is 1. The van der Waals surface area contributed by atoms with Crippen LogP contribution in [0.1, 0.15) is 77.5 Å². The van der Waals surface area contributed by atoms with E-state index in [-0.39, 0.29) is 90.3 Å². The second-order valence-corrected chi connectivity index (χ2v) is 17.5. The molecule has 2 atom stereocenters. The first-order valence-corrected chi connectivity index (χ1v) is 19.5. The molecule has 0 saturated carbocycles. The molecule has 2 heterocycles. The van der Waals surface area contributed by atoms with E-state index < -0.39 is 41.4 Å². The van der Waals surface area contributed by atoms with E-state index in [2.05, 4.69) is 0 Å². The van der Waals surface area contributed by atoms with Crippen molar-refractivity contribution in [3.05, 3.63) is 89.0 Å². The SMILES string of the molecule is CCCOC(=O)c1cccc2c1C(=O)C(C)(N(C)CCCC1(c3ccc(OC)c(OC)c3)S(=O)(=O)CCCS1(=O)=O)C(c1ccccc1)O2.Cl. The fourth-order valence-corrected chi connectivity index (χ4v) is 12.8. The lowest BCUT2D eigenvalue weighted by molar-refractivity contribution is 0.00142. The Labute approximate surface area is 300 Å². The second kappa shape index (κ2) is 15.3. The summed E-state index contributed by atoms with van der Waals surface area (Å²) in [7, 11) is -3.86. The Balaban J connectivity index is 0.00000562. The predicted octanol–water partition coefficient (Wildman–Crippen LogP) is 5.57. The maximum absolute atomic E-state index is 14.7. The van der Waals surface area contributed by atoms with Gasteiger partial charge in [0.15, 0.2) is 41.0 Å². The predicted molar refractivity (Wildman–Crippen MR) is 192 cm³/mol. The topological polar surface area (TPSA) is 143 Å². The second-order valence-electron chi connectivity index (χ2n) is 12.5. The number of hydrogen-bond acceptors (Lipinski definition) is 11. The standard InChI is InChI=1S/C36H43NO10S2.ClH/c1-6-21-46-34(39)27-15-10-16-29-31(27)32(38)35(2,33(47-29)25-13-8-7-9-14-25)37(3)20-11-19-36(48(40,41)22-12-23-49(36,42)43)26-17-18-28(44-4)30(24-26)45-5;/h7-10,13-18,24,33H,6,11-12,19-23H2,1-5H3;1H. The number of nitrogens with zero attached hydrogens (tertiary/aromatic N) is 1. The minimum Gasteiger partial charge on any atom is -0.493 e. The Morgan fingerprint density at radius 3 is 2.22 bits per heavy atom. The summed E-state index contributed by atoms with van der Waals surface area (Å²) in [6.07, 6.45) is -0.379. The average molecular weight is 750 g/mol. The van der Waals surface area contributed by atoms with Crippen molar-refractivity contribution in [2.24, 2.45) is 0 Å². The number of carbonyl (C=O) groups excluding carboxylic acids is 2. The molecule has 0 N–H and O–H groups in total. The number of ether oxygens (including phenoxy) is 4. The van der Waals surface area contributed by atoms with Gasteiger partial charge in [0.1, 0.15) is 17.4 Å². The number of ketones is 1. The van der Waals surface area contributed by atoms with E-state index in [1.807, 2.05) is 37.3 Å². The summed E-state index contributed by atoms with van der Waals surface area (Å²) in [5.41, 5.74) is -0.398. The lowest BCUT2D eigenvalue weighted by atomic mass is 9.77. The van der Waals surface area contributed by atoms with Crippen molar-refractivity contribution in [3.63, 3.8) is 0 Å². The van der Waals surface area contributed by atoms with Crippen molar-refractivity contribution >= 4 is 43.8 Å². The summed E-state index contributed by atoms with van der Waals surface area (Å²) in [5, 5.41) is 0. The number of esters is 1. The van der Waals surface area contributed by atoms with Crippen LogP contribution in [0.2, 0.25) is 0 Å². The van der Waals surface area contributed by atoms with Gasteiger partial charge in [0.2, 0.25) is 0 Å². The molecule has 0 radical (unpaired) electrons. The van der Waals surface area contributed by atoms with Crippen molar-refractivity contribution in [3.8, 4) is 17.2 Å². The zero-order chi connectivity index (χ0) is 35.6. The van der Waals surface area contributed by atoms with Crippen molar-refractivity contribution in [1.29, 1.82) is 0 Å². The highest BCUT2D eigenvalue weighted by atomic mass is 35.5. The molecule has 2 unspecified atom stereocenters. The number of carbonyl (C=O) groups is 2. The molecule has 2 aliphatic rings. The minimum atomic E-state index is -4.20. The van der Waals surface area contributed by atoms with Crippen LogP contribution in [0.25, 0.3) is 0 Å². The van der Waals surface area contributed by atoms with Gasteiger partial charge in [-0.15, -0.1) is 12.4 Å². The third kappa shape index (κ3) is 6.60. The lowest BCUT2D eigenvalue weighted by Gasteiger charge is -2.47. The van der Waals surface area contributed by atoms with Crippen LogP contribution < -0.4 is 14.2 Å². The first-order valence-electron chi connectivity index (χ1n) is 16.2. The molecule has 1 saturated heterocycles.